The van der Waals surface area contributed by atoms with Gasteiger partial charge in [0.2, 0.25) is 0 Å². The third-order valence-corrected chi connectivity index (χ3v) is 1.35. The molecule has 0 bridgehead atoms. The van der Waals surface area contributed by atoms with E-state index in [-0.39, 0.29) is 6.61 Å². The van der Waals surface area contributed by atoms with Gasteiger partial charge in [-0.1, -0.05) is 11.6 Å². The first-order valence-electron chi connectivity index (χ1n) is 2.75. The molecule has 2 radical (unpaired) electrons. The van der Waals surface area contributed by atoms with Gasteiger partial charge in [0, 0.05) is 6.20 Å². The van der Waals surface area contributed by atoms with E-state index in [1.807, 2.05) is 0 Å². The van der Waals surface area contributed by atoms with Gasteiger partial charge in [-0.15, -0.1) is 0 Å². The molecule has 1 heterocycles. The second-order valence-electron chi connectivity index (χ2n) is 1.86. The first-order chi connectivity index (χ1) is 4.74. The summed E-state index contributed by atoms with van der Waals surface area (Å²) in [5, 5.41) is 9.15. The molecule has 0 amide bonds. The molecule has 1 N–H and O–H groups in total. The number of pyridine rings is 1. The van der Waals surface area contributed by atoms with Crippen molar-refractivity contribution >= 4 is 25.0 Å². The van der Waals surface area contributed by atoms with Gasteiger partial charge in [-0.3, -0.25) is 4.98 Å². The lowest BCUT2D eigenvalue weighted by Crippen LogP contribution is -2.13. The van der Waals surface area contributed by atoms with E-state index in [1.165, 1.54) is 6.20 Å². The van der Waals surface area contributed by atoms with E-state index in [2.05, 4.69) is 4.98 Å². The van der Waals surface area contributed by atoms with Crippen molar-refractivity contribution < 1.29 is 5.11 Å². The smallest absolute Gasteiger partial charge is 0.142 e. The molecule has 0 unspecified atom stereocenters. The average molecular weight is 153 g/mol. The molecule has 0 saturated heterocycles. The predicted octanol–water partition coefficient (Wildman–Crippen LogP) is 0.0211. The summed E-state index contributed by atoms with van der Waals surface area (Å²) in [6, 6.07) is 1.59. The number of hydrogen-bond donors (Lipinski definition) is 1. The lowest BCUT2D eigenvalue weighted by molar-refractivity contribution is 0.282. The van der Waals surface area contributed by atoms with E-state index in [1.54, 1.807) is 6.07 Å². The fourth-order valence-electron chi connectivity index (χ4n) is 0.618. The molecule has 1 rings (SSSR count). The van der Waals surface area contributed by atoms with Gasteiger partial charge in [0.05, 0.1) is 11.6 Å². The van der Waals surface area contributed by atoms with E-state index in [9.17, 15) is 0 Å². The van der Waals surface area contributed by atoms with Gasteiger partial charge in [0.15, 0.2) is 0 Å². The Morgan fingerprint density at radius 3 is 2.90 bits per heavy atom. The lowest BCUT2D eigenvalue weighted by atomic mass is 9.98. The molecule has 0 aromatic carbocycles. The van der Waals surface area contributed by atoms with Gasteiger partial charge >= 0.3 is 0 Å². The molecule has 0 aliphatic heterocycles. The number of hydrogen-bond acceptors (Lipinski definition) is 2. The van der Waals surface area contributed by atoms with Crippen LogP contribution in [0.4, 0.5) is 0 Å². The minimum absolute atomic E-state index is 0.126. The largest absolute Gasteiger partial charge is 0.392 e. The highest BCUT2D eigenvalue weighted by atomic mass is 35.5. The zero-order valence-electron chi connectivity index (χ0n) is 5.21. The topological polar surface area (TPSA) is 33.1 Å². The molecule has 50 valence electrons. The van der Waals surface area contributed by atoms with Crippen LogP contribution in [0.25, 0.3) is 0 Å². The Kier molecular flexibility index (Phi) is 2.30. The van der Waals surface area contributed by atoms with E-state index in [0.29, 0.717) is 16.2 Å². The Balaban J connectivity index is 3.09. The second kappa shape index (κ2) is 3.04. The van der Waals surface area contributed by atoms with E-state index >= 15 is 0 Å². The number of aliphatic hydroxyl groups excluding tert-OH is 1. The van der Waals surface area contributed by atoms with Gasteiger partial charge in [-0.05, 0) is 17.2 Å². The maximum atomic E-state index is 8.66. The first kappa shape index (κ1) is 7.57. The fraction of sp³-hybridized carbons (Fsp3) is 0.167. The molecule has 2 nitrogen and oxygen atoms in total. The Bertz CT molecular complexity index is 241. The summed E-state index contributed by atoms with van der Waals surface area (Å²) in [5.41, 5.74) is 0.888. The van der Waals surface area contributed by atoms with Crippen molar-refractivity contribution in [3.63, 3.8) is 0 Å². The van der Waals surface area contributed by atoms with E-state index in [4.69, 9.17) is 24.6 Å². The van der Waals surface area contributed by atoms with Crippen LogP contribution in [0.3, 0.4) is 0 Å². The molecule has 0 atom stereocenters. The molecule has 0 spiro atoms. The van der Waals surface area contributed by atoms with Crippen LogP contribution in [-0.2, 0) is 6.61 Å². The monoisotopic (exact) mass is 153 g/mol. The van der Waals surface area contributed by atoms with Crippen molar-refractivity contribution in [1.29, 1.82) is 0 Å². The molecule has 0 aliphatic carbocycles. The van der Waals surface area contributed by atoms with Gasteiger partial charge in [-0.2, -0.15) is 0 Å². The van der Waals surface area contributed by atoms with Crippen molar-refractivity contribution in [2.75, 3.05) is 0 Å². The number of rotatable bonds is 1. The van der Waals surface area contributed by atoms with E-state index in [0.717, 1.165) is 0 Å². The van der Waals surface area contributed by atoms with Gasteiger partial charge < -0.3 is 5.11 Å². The molecule has 0 fully saturated rings. The van der Waals surface area contributed by atoms with Gasteiger partial charge in [0.25, 0.3) is 0 Å². The van der Waals surface area contributed by atoms with Crippen LogP contribution in [0.1, 0.15) is 5.56 Å². The van der Waals surface area contributed by atoms with Crippen molar-refractivity contribution in [1.82, 2.24) is 4.98 Å². The SMILES string of the molecule is [B]c1ncc(Cl)cc1CO. The van der Waals surface area contributed by atoms with Crippen LogP contribution in [-0.4, -0.2) is 17.9 Å². The van der Waals surface area contributed by atoms with Crippen LogP contribution < -0.4 is 5.59 Å². The summed E-state index contributed by atoms with van der Waals surface area (Å²) in [4.78, 5) is 3.74. The van der Waals surface area contributed by atoms with E-state index < -0.39 is 0 Å². The summed E-state index contributed by atoms with van der Waals surface area (Å²) in [6.07, 6.45) is 1.44. The van der Waals surface area contributed by atoms with Crippen molar-refractivity contribution in [3.05, 3.63) is 22.8 Å². The molecule has 0 saturated carbocycles. The number of aliphatic hydroxyl groups is 1. The second-order valence-corrected chi connectivity index (χ2v) is 2.29. The molecule has 1 aromatic rings. The van der Waals surface area contributed by atoms with Crippen LogP contribution in [0, 0.1) is 0 Å². The Morgan fingerprint density at radius 1 is 1.70 bits per heavy atom. The summed E-state index contributed by atoms with van der Waals surface area (Å²) < 4.78 is 0. The lowest BCUT2D eigenvalue weighted by Gasteiger charge is -2.00. The average Bonchev–Trinajstić information content (AvgIpc) is 1.94. The molecular weight excluding hydrogens is 148 g/mol. The minimum Gasteiger partial charge on any atom is -0.392 e. The van der Waals surface area contributed by atoms with Crippen LogP contribution in [0.2, 0.25) is 5.02 Å². The quantitative estimate of drug-likeness (QED) is 0.577. The third-order valence-electron chi connectivity index (χ3n) is 1.14. The van der Waals surface area contributed by atoms with Gasteiger partial charge in [0.1, 0.15) is 7.85 Å². The van der Waals surface area contributed by atoms with Crippen molar-refractivity contribution in [2.45, 2.75) is 6.61 Å². The highest BCUT2D eigenvalue weighted by molar-refractivity contribution is 6.33. The maximum Gasteiger partial charge on any atom is 0.142 e. The summed E-state index contributed by atoms with van der Waals surface area (Å²) in [5.74, 6) is 0. The first-order valence-corrected chi connectivity index (χ1v) is 3.12. The number of nitrogens with zero attached hydrogens (tertiary/aromatic N) is 1. The molecule has 10 heavy (non-hydrogen) atoms. The minimum atomic E-state index is -0.126. The molecule has 0 aliphatic rings. The van der Waals surface area contributed by atoms with Crippen molar-refractivity contribution in [3.8, 4) is 0 Å². The van der Waals surface area contributed by atoms with Gasteiger partial charge in [-0.25, -0.2) is 0 Å². The summed E-state index contributed by atoms with van der Waals surface area (Å²) in [7, 11) is 5.37. The standard InChI is InChI=1S/C6H5BClNO/c7-6-4(3-10)1-5(8)2-9-6/h1-2,10H,3H2. The maximum absolute atomic E-state index is 8.66. The predicted molar refractivity (Wildman–Crippen MR) is 40.6 cm³/mol. The molecule has 4 heteroatoms. The van der Waals surface area contributed by atoms with Crippen LogP contribution in [0.15, 0.2) is 12.3 Å². The highest BCUT2D eigenvalue weighted by Gasteiger charge is 1.96. The zero-order valence-corrected chi connectivity index (χ0v) is 5.97. The normalized spacial score (nSPS) is 9.80. The van der Waals surface area contributed by atoms with Crippen LogP contribution >= 0.6 is 11.6 Å². The number of halogens is 1. The summed E-state index contributed by atoms with van der Waals surface area (Å²) >= 11 is 5.57. The Labute approximate surface area is 65.3 Å². The molecular formula is C6H5BClNO. The molecule has 1 aromatic heterocycles. The Morgan fingerprint density at radius 2 is 2.40 bits per heavy atom. The highest BCUT2D eigenvalue weighted by Crippen LogP contribution is 2.05. The zero-order chi connectivity index (χ0) is 7.56. The van der Waals surface area contributed by atoms with Crippen molar-refractivity contribution in [2.24, 2.45) is 0 Å². The third kappa shape index (κ3) is 1.49. The summed E-state index contributed by atoms with van der Waals surface area (Å²) in [6.45, 7) is -0.126. The van der Waals surface area contributed by atoms with Crippen LogP contribution in [0.5, 0.6) is 0 Å². The Hall–Kier alpha value is -0.535. The number of aromatic nitrogens is 1. The fourth-order valence-corrected chi connectivity index (χ4v) is 0.799.